The second kappa shape index (κ2) is 11.4. The molecule has 242 valence electrons. The number of nitrogens with zero attached hydrogens (tertiary/aromatic N) is 3. The minimum absolute atomic E-state index is 0.604. The van der Waals surface area contributed by atoms with E-state index in [1.165, 1.54) is 47.3 Å². The van der Waals surface area contributed by atoms with Crippen LogP contribution in [-0.4, -0.2) is 15.0 Å². The molecule has 3 aromatic heterocycles. The van der Waals surface area contributed by atoms with Crippen LogP contribution in [0, 0.1) is 0 Å². The topological polar surface area (TPSA) is 51.8 Å². The van der Waals surface area contributed by atoms with Gasteiger partial charge in [0.05, 0.1) is 0 Å². The molecular weight excluding hydrogens is 655 g/mol. The van der Waals surface area contributed by atoms with Gasteiger partial charge in [0.2, 0.25) is 0 Å². The van der Waals surface area contributed by atoms with E-state index < -0.39 is 0 Å². The monoisotopic (exact) mass is 681 g/mol. The van der Waals surface area contributed by atoms with Crippen LogP contribution in [0.2, 0.25) is 0 Å². The van der Waals surface area contributed by atoms with Crippen molar-refractivity contribution in [3.05, 3.63) is 164 Å². The van der Waals surface area contributed by atoms with Gasteiger partial charge in [-0.15, -0.1) is 11.3 Å². The van der Waals surface area contributed by atoms with Crippen molar-refractivity contribution in [2.24, 2.45) is 0 Å². The number of furan rings is 1. The van der Waals surface area contributed by atoms with Crippen LogP contribution in [-0.2, 0) is 0 Å². The highest BCUT2D eigenvalue weighted by Crippen LogP contribution is 2.43. The Bertz CT molecular complexity index is 3200. The first-order valence-electron chi connectivity index (χ1n) is 17.3. The highest BCUT2D eigenvalue weighted by molar-refractivity contribution is 7.26. The van der Waals surface area contributed by atoms with Gasteiger partial charge < -0.3 is 4.42 Å². The molecular formula is C47H27N3OS. The SMILES string of the molecule is c1ccc(-c2nc(-c3ccc4ccc5ccccc5c4c3)nc(-c3cccc4oc5ccc(-c6cccc7c6sc6ccccc67)cc5c34)n2)cc1. The zero-order valence-electron chi connectivity index (χ0n) is 27.7. The number of thiophene rings is 1. The van der Waals surface area contributed by atoms with Gasteiger partial charge in [-0.1, -0.05) is 133 Å². The van der Waals surface area contributed by atoms with Crippen molar-refractivity contribution in [2.45, 2.75) is 0 Å². The maximum absolute atomic E-state index is 6.49. The molecule has 0 aliphatic carbocycles. The van der Waals surface area contributed by atoms with Gasteiger partial charge in [0.25, 0.3) is 0 Å². The van der Waals surface area contributed by atoms with Crippen molar-refractivity contribution in [2.75, 3.05) is 0 Å². The summed E-state index contributed by atoms with van der Waals surface area (Å²) in [5.74, 6) is 1.85. The molecule has 0 aliphatic heterocycles. The summed E-state index contributed by atoms with van der Waals surface area (Å²) in [4.78, 5) is 15.4. The molecule has 0 saturated heterocycles. The van der Waals surface area contributed by atoms with Crippen LogP contribution < -0.4 is 0 Å². The lowest BCUT2D eigenvalue weighted by molar-refractivity contribution is 0.669. The second-order valence-electron chi connectivity index (χ2n) is 13.2. The molecule has 11 aromatic rings. The number of benzene rings is 8. The first kappa shape index (κ1) is 29.1. The lowest BCUT2D eigenvalue weighted by Gasteiger charge is -2.11. The summed E-state index contributed by atoms with van der Waals surface area (Å²) >= 11 is 1.84. The molecule has 0 unspecified atom stereocenters. The summed E-state index contributed by atoms with van der Waals surface area (Å²) in [7, 11) is 0. The van der Waals surface area contributed by atoms with Gasteiger partial charge in [-0.25, -0.2) is 15.0 Å². The van der Waals surface area contributed by atoms with Gasteiger partial charge in [-0.05, 0) is 63.0 Å². The van der Waals surface area contributed by atoms with E-state index in [0.717, 1.165) is 44.2 Å². The Kier molecular flexibility index (Phi) is 6.39. The summed E-state index contributed by atoms with van der Waals surface area (Å²) in [5.41, 5.74) is 6.76. The fourth-order valence-electron chi connectivity index (χ4n) is 7.64. The molecule has 3 heterocycles. The van der Waals surface area contributed by atoms with Gasteiger partial charge in [0.1, 0.15) is 11.2 Å². The summed E-state index contributed by atoms with van der Waals surface area (Å²) in [6.07, 6.45) is 0. The number of rotatable bonds is 4. The summed E-state index contributed by atoms with van der Waals surface area (Å²) in [6, 6.07) is 57.4. The maximum atomic E-state index is 6.49. The van der Waals surface area contributed by atoms with Gasteiger partial charge in [0, 0.05) is 47.6 Å². The molecule has 0 radical (unpaired) electrons. The lowest BCUT2D eigenvalue weighted by Crippen LogP contribution is -2.00. The molecule has 8 aromatic carbocycles. The third-order valence-electron chi connectivity index (χ3n) is 10.1. The van der Waals surface area contributed by atoms with E-state index in [4.69, 9.17) is 19.4 Å². The van der Waals surface area contributed by atoms with E-state index in [-0.39, 0.29) is 0 Å². The van der Waals surface area contributed by atoms with Crippen LogP contribution in [0.15, 0.2) is 168 Å². The molecule has 0 atom stereocenters. The smallest absolute Gasteiger partial charge is 0.164 e. The third-order valence-corrected chi connectivity index (χ3v) is 11.3. The van der Waals surface area contributed by atoms with Crippen molar-refractivity contribution in [1.82, 2.24) is 15.0 Å². The summed E-state index contributed by atoms with van der Waals surface area (Å²) in [5, 5.41) is 9.35. The van der Waals surface area contributed by atoms with Crippen LogP contribution >= 0.6 is 11.3 Å². The highest BCUT2D eigenvalue weighted by atomic mass is 32.1. The van der Waals surface area contributed by atoms with E-state index >= 15 is 0 Å². The number of hydrogen-bond donors (Lipinski definition) is 0. The number of fused-ring (bicyclic) bond motifs is 9. The molecule has 0 saturated carbocycles. The first-order chi connectivity index (χ1) is 25.7. The van der Waals surface area contributed by atoms with E-state index in [1.54, 1.807) is 0 Å². The third kappa shape index (κ3) is 4.57. The van der Waals surface area contributed by atoms with Crippen LogP contribution in [0.5, 0.6) is 0 Å². The van der Waals surface area contributed by atoms with Gasteiger partial charge >= 0.3 is 0 Å². The molecule has 0 bridgehead atoms. The maximum Gasteiger partial charge on any atom is 0.164 e. The molecule has 0 amide bonds. The summed E-state index contributed by atoms with van der Waals surface area (Å²) < 4.78 is 9.07. The van der Waals surface area contributed by atoms with E-state index in [1.807, 2.05) is 53.8 Å². The number of aromatic nitrogens is 3. The average molecular weight is 682 g/mol. The zero-order valence-corrected chi connectivity index (χ0v) is 28.6. The quantitative estimate of drug-likeness (QED) is 0.174. The minimum atomic E-state index is 0.604. The van der Waals surface area contributed by atoms with Crippen LogP contribution in [0.1, 0.15) is 0 Å². The fourth-order valence-corrected chi connectivity index (χ4v) is 8.88. The van der Waals surface area contributed by atoms with Crippen molar-refractivity contribution in [1.29, 1.82) is 0 Å². The van der Waals surface area contributed by atoms with E-state index in [2.05, 4.69) is 121 Å². The standard InChI is InChI=1S/C47H27N3OS/c1-2-11-30(12-3-1)45-48-46(32-23-22-29-21-20-28-10-4-5-13-33(28)38(29)27-32)50-47(49-45)37-17-9-18-41-43(37)39-26-31(24-25-40(39)51-41)34-15-8-16-36-35-14-6-7-19-42(35)52-44(34)36/h1-27H. The Morgan fingerprint density at radius 1 is 0.385 bits per heavy atom. The Morgan fingerprint density at radius 2 is 1.04 bits per heavy atom. The predicted molar refractivity (Wildman–Crippen MR) is 217 cm³/mol. The lowest BCUT2D eigenvalue weighted by atomic mass is 9.99. The largest absolute Gasteiger partial charge is 0.456 e. The van der Waals surface area contributed by atoms with Crippen molar-refractivity contribution in [3.63, 3.8) is 0 Å². The minimum Gasteiger partial charge on any atom is -0.456 e. The number of hydrogen-bond acceptors (Lipinski definition) is 5. The molecule has 5 heteroatoms. The van der Waals surface area contributed by atoms with Gasteiger partial charge in [-0.3, -0.25) is 0 Å². The Balaban J connectivity index is 1.13. The molecule has 11 rings (SSSR count). The first-order valence-corrected chi connectivity index (χ1v) is 18.2. The van der Waals surface area contributed by atoms with Gasteiger partial charge in [-0.2, -0.15) is 0 Å². The van der Waals surface area contributed by atoms with Crippen molar-refractivity contribution in [3.8, 4) is 45.3 Å². The van der Waals surface area contributed by atoms with Crippen LogP contribution in [0.4, 0.5) is 0 Å². The van der Waals surface area contributed by atoms with E-state index in [0.29, 0.717) is 17.5 Å². The van der Waals surface area contributed by atoms with Crippen molar-refractivity contribution < 1.29 is 4.42 Å². The Morgan fingerprint density at radius 3 is 1.94 bits per heavy atom. The molecule has 0 aliphatic rings. The van der Waals surface area contributed by atoms with E-state index in [9.17, 15) is 0 Å². The van der Waals surface area contributed by atoms with Crippen LogP contribution in [0.3, 0.4) is 0 Å². The fraction of sp³-hybridized carbons (Fsp3) is 0. The zero-order chi connectivity index (χ0) is 34.2. The molecule has 52 heavy (non-hydrogen) atoms. The second-order valence-corrected chi connectivity index (χ2v) is 14.2. The average Bonchev–Trinajstić information content (AvgIpc) is 3.79. The molecule has 0 spiro atoms. The Labute approximate surface area is 302 Å². The summed E-state index contributed by atoms with van der Waals surface area (Å²) in [6.45, 7) is 0. The molecule has 0 fully saturated rings. The van der Waals surface area contributed by atoms with Crippen molar-refractivity contribution >= 4 is 75.0 Å². The predicted octanol–water partition coefficient (Wildman–Crippen LogP) is 13.1. The Hall–Kier alpha value is -6.69. The normalized spacial score (nSPS) is 11.8. The van der Waals surface area contributed by atoms with Gasteiger partial charge in [0.15, 0.2) is 17.5 Å². The molecule has 4 nitrogen and oxygen atoms in total. The van der Waals surface area contributed by atoms with Crippen LogP contribution in [0.25, 0.3) is 109 Å². The highest BCUT2D eigenvalue weighted by Gasteiger charge is 2.19. The molecule has 0 N–H and O–H groups in total.